The lowest BCUT2D eigenvalue weighted by Crippen LogP contribution is -2.32. The van der Waals surface area contributed by atoms with Crippen molar-refractivity contribution in [1.82, 2.24) is 6.15 Å². The fourth-order valence-corrected chi connectivity index (χ4v) is 0.392. The minimum absolute atomic E-state index is 0. The molecule has 13 heavy (non-hydrogen) atoms. The second-order valence-corrected chi connectivity index (χ2v) is 2.60. The number of carboxylic acids is 1. The number of carbonyl (C=O) groups is 2. The van der Waals surface area contributed by atoms with E-state index in [2.05, 4.69) is 11.3 Å². The van der Waals surface area contributed by atoms with Crippen LogP contribution >= 0.6 is 0 Å². The molecule has 0 saturated heterocycles. The van der Waals surface area contributed by atoms with Crippen LogP contribution in [0.5, 0.6) is 0 Å². The molecule has 0 aliphatic rings. The smallest absolute Gasteiger partial charge is 0.333 e. The Balaban J connectivity index is 0. The number of hydrogen-bond acceptors (Lipinski definition) is 4. The second kappa shape index (κ2) is 6.19. The second-order valence-electron chi connectivity index (χ2n) is 2.60. The van der Waals surface area contributed by atoms with Crippen LogP contribution in [0.25, 0.3) is 0 Å². The van der Waals surface area contributed by atoms with E-state index in [0.717, 1.165) is 0 Å². The van der Waals surface area contributed by atoms with Gasteiger partial charge in [0.1, 0.15) is 0 Å². The van der Waals surface area contributed by atoms with E-state index in [1.807, 2.05) is 0 Å². The number of rotatable bonds is 4. The van der Waals surface area contributed by atoms with E-state index in [-0.39, 0.29) is 18.3 Å². The summed E-state index contributed by atoms with van der Waals surface area (Å²) in [5, 5.41) is 10.2. The molecule has 0 aromatic carbocycles. The Labute approximate surface area is 77.0 Å². The maximum absolute atomic E-state index is 10.7. The molecule has 0 aromatic rings. The number of esters is 1. The highest BCUT2D eigenvalue weighted by atomic mass is 16.5. The molecular weight excluding hydrogens is 174 g/mol. The van der Waals surface area contributed by atoms with Crippen LogP contribution in [0.1, 0.15) is 13.8 Å². The van der Waals surface area contributed by atoms with Crippen LogP contribution in [0.2, 0.25) is 0 Å². The first-order valence-corrected chi connectivity index (χ1v) is 3.48. The number of hydrogen-bond donors (Lipinski definition) is 1. The van der Waals surface area contributed by atoms with Crippen LogP contribution in [0.4, 0.5) is 0 Å². The third-order valence-electron chi connectivity index (χ3n) is 1.22. The summed E-state index contributed by atoms with van der Waals surface area (Å²) in [5.74, 6) is -2.60. The molecule has 0 aliphatic carbocycles. The van der Waals surface area contributed by atoms with Gasteiger partial charge in [0.25, 0.3) is 0 Å². The van der Waals surface area contributed by atoms with Gasteiger partial charge in [-0.3, -0.25) is 0 Å². The van der Waals surface area contributed by atoms with E-state index >= 15 is 0 Å². The molecule has 4 N–H and O–H groups in total. The number of carbonyl (C=O) groups excluding carboxylic acids is 2. The molecule has 1 unspecified atom stereocenters. The summed E-state index contributed by atoms with van der Waals surface area (Å²) in [6, 6.07) is 0. The predicted octanol–water partition coefficient (Wildman–Crippen LogP) is -0.132. The molecule has 5 nitrogen and oxygen atoms in total. The quantitative estimate of drug-likeness (QED) is 0.491. The minimum atomic E-state index is -1.23. The molecule has 76 valence electrons. The number of carboxylic acid groups (broad SMARTS) is 1. The van der Waals surface area contributed by atoms with Crippen molar-refractivity contribution in [3.63, 3.8) is 0 Å². The van der Waals surface area contributed by atoms with Crippen molar-refractivity contribution in [2.75, 3.05) is 6.61 Å². The fraction of sp³-hybridized carbons (Fsp3) is 0.500. The molecule has 0 heterocycles. The van der Waals surface area contributed by atoms with Gasteiger partial charge in [0.2, 0.25) is 0 Å². The highest BCUT2D eigenvalue weighted by molar-refractivity contribution is 5.87. The fourth-order valence-electron chi connectivity index (χ4n) is 0.392. The third-order valence-corrected chi connectivity index (χ3v) is 1.22. The summed E-state index contributed by atoms with van der Waals surface area (Å²) in [6.07, 6.45) is 0. The van der Waals surface area contributed by atoms with E-state index < -0.39 is 17.9 Å². The molecule has 0 amide bonds. The summed E-state index contributed by atoms with van der Waals surface area (Å²) in [6.45, 7) is 6.06. The van der Waals surface area contributed by atoms with Gasteiger partial charge < -0.3 is 20.8 Å². The molecule has 0 rings (SSSR count). The van der Waals surface area contributed by atoms with Gasteiger partial charge in [-0.05, 0) is 6.92 Å². The SMILES string of the molecule is C=C(C)C(=O)OCC(C)C(=O)[O-].[NH4+]. The molecule has 0 spiro atoms. The monoisotopic (exact) mass is 189 g/mol. The lowest BCUT2D eigenvalue weighted by atomic mass is 10.2. The molecule has 0 saturated carbocycles. The van der Waals surface area contributed by atoms with Crippen molar-refractivity contribution >= 4 is 11.9 Å². The summed E-state index contributed by atoms with van der Waals surface area (Å²) in [5.41, 5.74) is 0.251. The maximum atomic E-state index is 10.7. The van der Waals surface area contributed by atoms with Crippen molar-refractivity contribution in [3.8, 4) is 0 Å². The normalized spacial score (nSPS) is 10.9. The van der Waals surface area contributed by atoms with Crippen LogP contribution < -0.4 is 11.3 Å². The molecule has 0 aromatic heterocycles. The first-order valence-electron chi connectivity index (χ1n) is 3.48. The van der Waals surface area contributed by atoms with Gasteiger partial charge in [0.05, 0.1) is 6.61 Å². The van der Waals surface area contributed by atoms with Crippen LogP contribution in [-0.4, -0.2) is 18.5 Å². The summed E-state index contributed by atoms with van der Waals surface area (Å²) >= 11 is 0. The van der Waals surface area contributed by atoms with Crippen molar-refractivity contribution in [2.45, 2.75) is 13.8 Å². The molecule has 0 bridgehead atoms. The number of aliphatic carboxylic acids is 1. The Morgan fingerprint density at radius 1 is 1.54 bits per heavy atom. The lowest BCUT2D eigenvalue weighted by Gasteiger charge is -2.12. The van der Waals surface area contributed by atoms with Crippen LogP contribution in [0.3, 0.4) is 0 Å². The van der Waals surface area contributed by atoms with Crippen molar-refractivity contribution in [3.05, 3.63) is 12.2 Å². The third kappa shape index (κ3) is 5.86. The topological polar surface area (TPSA) is 103 Å². The van der Waals surface area contributed by atoms with Gasteiger partial charge in [0.15, 0.2) is 0 Å². The first kappa shape index (κ1) is 14.2. The lowest BCUT2D eigenvalue weighted by molar-refractivity contribution is -0.311. The zero-order chi connectivity index (χ0) is 9.72. The van der Waals surface area contributed by atoms with Crippen molar-refractivity contribution in [2.24, 2.45) is 5.92 Å². The van der Waals surface area contributed by atoms with Crippen molar-refractivity contribution < 1.29 is 19.4 Å². The molecule has 0 radical (unpaired) electrons. The molecule has 0 aliphatic heterocycles. The molecular formula is C8H15NO4. The Morgan fingerprint density at radius 2 is 2.00 bits per heavy atom. The Kier molecular flexibility index (Phi) is 6.75. The molecule has 1 atom stereocenters. The van der Waals surface area contributed by atoms with Gasteiger partial charge in [-0.1, -0.05) is 13.5 Å². The van der Waals surface area contributed by atoms with Gasteiger partial charge >= 0.3 is 5.97 Å². The van der Waals surface area contributed by atoms with E-state index in [1.165, 1.54) is 13.8 Å². The zero-order valence-corrected chi connectivity index (χ0v) is 8.12. The zero-order valence-electron chi connectivity index (χ0n) is 8.12. The maximum Gasteiger partial charge on any atom is 0.333 e. The Bertz CT molecular complexity index is 212. The Hall–Kier alpha value is -1.36. The average Bonchev–Trinajstić information content (AvgIpc) is 1.98. The van der Waals surface area contributed by atoms with Gasteiger partial charge in [0, 0.05) is 17.5 Å². The number of ether oxygens (including phenoxy) is 1. The van der Waals surface area contributed by atoms with Gasteiger partial charge in [-0.15, -0.1) is 0 Å². The van der Waals surface area contributed by atoms with Crippen LogP contribution in [0, 0.1) is 5.92 Å². The highest BCUT2D eigenvalue weighted by Crippen LogP contribution is 1.97. The number of quaternary nitrogens is 1. The summed E-state index contributed by atoms with van der Waals surface area (Å²) in [7, 11) is 0. The molecule has 5 heteroatoms. The van der Waals surface area contributed by atoms with E-state index in [4.69, 9.17) is 0 Å². The highest BCUT2D eigenvalue weighted by Gasteiger charge is 2.07. The summed E-state index contributed by atoms with van der Waals surface area (Å²) < 4.78 is 4.57. The molecule has 0 fully saturated rings. The van der Waals surface area contributed by atoms with Crippen LogP contribution in [0.15, 0.2) is 12.2 Å². The van der Waals surface area contributed by atoms with Crippen LogP contribution in [-0.2, 0) is 14.3 Å². The largest absolute Gasteiger partial charge is 0.550 e. The van der Waals surface area contributed by atoms with Gasteiger partial charge in [-0.25, -0.2) is 4.79 Å². The minimum Gasteiger partial charge on any atom is -0.550 e. The average molecular weight is 189 g/mol. The standard InChI is InChI=1S/C8H12O4.H3N/c1-5(2)8(11)12-4-6(3)7(9)10;/h6H,1,4H2,2-3H3,(H,9,10);1H3. The summed E-state index contributed by atoms with van der Waals surface area (Å²) in [4.78, 5) is 20.9. The first-order chi connectivity index (χ1) is 5.45. The van der Waals surface area contributed by atoms with E-state index in [1.54, 1.807) is 0 Å². The van der Waals surface area contributed by atoms with E-state index in [9.17, 15) is 14.7 Å². The Morgan fingerprint density at radius 3 is 2.31 bits per heavy atom. The van der Waals surface area contributed by atoms with E-state index in [0.29, 0.717) is 0 Å². The van der Waals surface area contributed by atoms with Gasteiger partial charge in [-0.2, -0.15) is 0 Å². The van der Waals surface area contributed by atoms with Crippen molar-refractivity contribution in [1.29, 1.82) is 0 Å². The predicted molar refractivity (Wildman–Crippen MR) is 45.9 cm³/mol.